The molecule has 1 atom stereocenters. The van der Waals surface area contributed by atoms with E-state index < -0.39 is 0 Å². The van der Waals surface area contributed by atoms with Crippen molar-refractivity contribution >= 4 is 28.3 Å². The Kier molecular flexibility index (Phi) is 5.75. The molecule has 34 heavy (non-hydrogen) atoms. The molecular formula is C26H27FN6O. The number of likely N-dealkylation sites (N-methyl/N-ethyl adjacent to an activating group) is 2. The molecule has 0 bridgehead atoms. The largest absolute Gasteiger partial charge is 0.353 e. The predicted octanol–water partition coefficient (Wildman–Crippen LogP) is 4.31. The molecule has 174 valence electrons. The second-order valence-electron chi connectivity index (χ2n) is 8.90. The van der Waals surface area contributed by atoms with Gasteiger partial charge in [-0.1, -0.05) is 0 Å². The number of carbonyl (C=O) groups is 1. The molecule has 0 spiro atoms. The highest BCUT2D eigenvalue weighted by atomic mass is 19.1. The van der Waals surface area contributed by atoms with Crippen molar-refractivity contribution < 1.29 is 9.18 Å². The molecule has 1 amide bonds. The summed E-state index contributed by atoms with van der Waals surface area (Å²) in [7, 11) is 5.87. The van der Waals surface area contributed by atoms with Crippen LogP contribution in [0, 0.1) is 5.82 Å². The number of anilines is 2. The molecule has 1 aliphatic heterocycles. The molecule has 1 aliphatic rings. The number of nitrogens with one attached hydrogen (secondary N) is 1. The number of amides is 1. The lowest BCUT2D eigenvalue weighted by molar-refractivity contribution is 0.0737. The fourth-order valence-electron chi connectivity index (χ4n) is 4.45. The number of hydrogen-bond donors (Lipinski definition) is 1. The Balaban J connectivity index is 1.34. The lowest BCUT2D eigenvalue weighted by Crippen LogP contribution is -2.38. The third kappa shape index (κ3) is 4.24. The van der Waals surface area contributed by atoms with Crippen molar-refractivity contribution in [2.45, 2.75) is 12.5 Å². The van der Waals surface area contributed by atoms with E-state index in [2.05, 4.69) is 21.9 Å². The molecule has 0 aliphatic carbocycles. The molecular weight excluding hydrogens is 431 g/mol. The molecule has 7 nitrogen and oxygen atoms in total. The number of aromatic nitrogens is 3. The van der Waals surface area contributed by atoms with E-state index in [0.29, 0.717) is 17.1 Å². The van der Waals surface area contributed by atoms with Crippen LogP contribution in [0.2, 0.25) is 0 Å². The van der Waals surface area contributed by atoms with Crippen LogP contribution >= 0.6 is 0 Å². The highest BCUT2D eigenvalue weighted by Gasteiger charge is 2.27. The fourth-order valence-corrected chi connectivity index (χ4v) is 4.45. The summed E-state index contributed by atoms with van der Waals surface area (Å²) in [4.78, 5) is 31.3. The first-order valence-corrected chi connectivity index (χ1v) is 11.3. The van der Waals surface area contributed by atoms with Crippen molar-refractivity contribution in [1.82, 2.24) is 24.8 Å². The van der Waals surface area contributed by atoms with E-state index in [4.69, 9.17) is 4.98 Å². The third-order valence-corrected chi connectivity index (χ3v) is 6.56. The van der Waals surface area contributed by atoms with Crippen molar-refractivity contribution in [3.8, 4) is 11.4 Å². The lowest BCUT2D eigenvalue weighted by Gasteiger charge is -2.25. The minimum atomic E-state index is -0.277. The maximum absolute atomic E-state index is 13.5. The van der Waals surface area contributed by atoms with E-state index in [9.17, 15) is 9.18 Å². The molecule has 2 aromatic carbocycles. The number of hydrogen-bond acceptors (Lipinski definition) is 5. The summed E-state index contributed by atoms with van der Waals surface area (Å²) in [6.07, 6.45) is 4.37. The first-order valence-electron chi connectivity index (χ1n) is 11.3. The zero-order valence-corrected chi connectivity index (χ0v) is 19.5. The third-order valence-electron chi connectivity index (χ3n) is 6.56. The van der Waals surface area contributed by atoms with Gasteiger partial charge in [-0.2, -0.15) is 0 Å². The van der Waals surface area contributed by atoms with Gasteiger partial charge in [0.2, 0.25) is 0 Å². The maximum Gasteiger partial charge on any atom is 0.253 e. The Labute approximate surface area is 197 Å². The summed E-state index contributed by atoms with van der Waals surface area (Å²) in [5, 5.41) is 0.782. The number of rotatable bonds is 5. The number of nitrogens with zero attached hydrogens (tertiary/aromatic N) is 5. The summed E-state index contributed by atoms with van der Waals surface area (Å²) >= 11 is 0. The molecule has 4 aromatic rings. The van der Waals surface area contributed by atoms with Crippen molar-refractivity contribution in [3.63, 3.8) is 0 Å². The van der Waals surface area contributed by atoms with Crippen LogP contribution in [0.3, 0.4) is 0 Å². The molecule has 1 N–H and O–H groups in total. The highest BCUT2D eigenvalue weighted by molar-refractivity contribution is 5.94. The van der Waals surface area contributed by atoms with E-state index in [-0.39, 0.29) is 17.8 Å². The van der Waals surface area contributed by atoms with Gasteiger partial charge in [0.05, 0.1) is 18.1 Å². The first-order chi connectivity index (χ1) is 16.4. The van der Waals surface area contributed by atoms with E-state index >= 15 is 0 Å². The molecule has 5 rings (SSSR count). The second-order valence-corrected chi connectivity index (χ2v) is 8.90. The zero-order valence-electron chi connectivity index (χ0n) is 19.5. The van der Waals surface area contributed by atoms with Crippen molar-refractivity contribution in [2.75, 3.05) is 39.1 Å². The van der Waals surface area contributed by atoms with Gasteiger partial charge in [-0.15, -0.1) is 0 Å². The first kappa shape index (κ1) is 22.0. The number of carbonyl (C=O) groups excluding carboxylic acids is 1. The van der Waals surface area contributed by atoms with Crippen LogP contribution in [0.5, 0.6) is 0 Å². The zero-order chi connectivity index (χ0) is 23.8. The van der Waals surface area contributed by atoms with Crippen LogP contribution in [0.1, 0.15) is 16.8 Å². The highest BCUT2D eigenvalue weighted by Crippen LogP contribution is 2.27. The smallest absolute Gasteiger partial charge is 0.253 e. The predicted molar refractivity (Wildman–Crippen MR) is 132 cm³/mol. The molecule has 0 radical (unpaired) electrons. The number of halogens is 1. The average molecular weight is 459 g/mol. The van der Waals surface area contributed by atoms with Crippen LogP contribution in [-0.2, 0) is 0 Å². The van der Waals surface area contributed by atoms with Gasteiger partial charge in [0.15, 0.2) is 5.82 Å². The Morgan fingerprint density at radius 2 is 1.91 bits per heavy atom. The molecule has 3 heterocycles. The van der Waals surface area contributed by atoms with Crippen molar-refractivity contribution in [3.05, 3.63) is 72.3 Å². The molecule has 1 saturated heterocycles. The van der Waals surface area contributed by atoms with Gasteiger partial charge in [0.1, 0.15) is 11.5 Å². The number of fused-ring (bicyclic) bond motifs is 1. The number of benzene rings is 2. The van der Waals surface area contributed by atoms with Crippen molar-refractivity contribution in [2.24, 2.45) is 0 Å². The SMILES string of the molecule is CN1CCC(N(C)C(=O)c2ccc(N(C)c3cncc(-c4cc5cc(F)ccc5[nH]4)n3)cc2)C1. The average Bonchev–Trinajstić information content (AvgIpc) is 3.48. The van der Waals surface area contributed by atoms with Gasteiger partial charge in [-0.3, -0.25) is 9.78 Å². The molecule has 1 unspecified atom stereocenters. The van der Waals surface area contributed by atoms with Gasteiger partial charge in [-0.05, 0) is 68.5 Å². The van der Waals surface area contributed by atoms with E-state index in [1.807, 2.05) is 54.2 Å². The normalized spacial score (nSPS) is 16.2. The summed E-state index contributed by atoms with van der Waals surface area (Å²) in [5.74, 6) is 0.417. The lowest BCUT2D eigenvalue weighted by atomic mass is 10.1. The standard InChI is InChI=1S/C26H27FN6O/c1-31-11-10-21(16-31)33(3)26(34)17-4-7-20(8-5-17)32(2)25-15-28-14-24(30-25)23-13-18-12-19(27)6-9-22(18)29-23/h4-9,12-15,21,29H,10-11,16H2,1-3H3. The number of likely N-dealkylation sites (tertiary alicyclic amines) is 1. The van der Waals surface area contributed by atoms with Crippen LogP contribution < -0.4 is 4.90 Å². The Morgan fingerprint density at radius 3 is 2.65 bits per heavy atom. The molecule has 8 heteroatoms. The van der Waals surface area contributed by atoms with Crippen LogP contribution in [-0.4, -0.2) is 70.9 Å². The Bertz CT molecular complexity index is 1330. The maximum atomic E-state index is 13.5. The quantitative estimate of drug-likeness (QED) is 0.483. The summed E-state index contributed by atoms with van der Waals surface area (Å²) in [6, 6.07) is 14.3. The number of aromatic amines is 1. The van der Waals surface area contributed by atoms with Gasteiger partial charge >= 0.3 is 0 Å². The van der Waals surface area contributed by atoms with Crippen molar-refractivity contribution in [1.29, 1.82) is 0 Å². The van der Waals surface area contributed by atoms with Gasteiger partial charge in [0, 0.05) is 48.8 Å². The summed E-state index contributed by atoms with van der Waals surface area (Å²) in [5.41, 5.74) is 3.83. The van der Waals surface area contributed by atoms with Crippen LogP contribution in [0.4, 0.5) is 15.9 Å². The number of H-pyrrole nitrogens is 1. The minimum absolute atomic E-state index is 0.0338. The summed E-state index contributed by atoms with van der Waals surface area (Å²) < 4.78 is 13.5. The topological polar surface area (TPSA) is 68.4 Å². The Morgan fingerprint density at radius 1 is 1.12 bits per heavy atom. The molecule has 1 fully saturated rings. The van der Waals surface area contributed by atoms with E-state index in [0.717, 1.165) is 41.8 Å². The summed E-state index contributed by atoms with van der Waals surface area (Å²) in [6.45, 7) is 1.92. The van der Waals surface area contributed by atoms with Crippen LogP contribution in [0.25, 0.3) is 22.3 Å². The van der Waals surface area contributed by atoms with Gasteiger partial charge < -0.3 is 19.7 Å². The van der Waals surface area contributed by atoms with Gasteiger partial charge in [0.25, 0.3) is 5.91 Å². The minimum Gasteiger partial charge on any atom is -0.353 e. The van der Waals surface area contributed by atoms with Crippen LogP contribution in [0.15, 0.2) is 60.9 Å². The van der Waals surface area contributed by atoms with E-state index in [1.54, 1.807) is 18.5 Å². The molecule has 0 saturated carbocycles. The fraction of sp³-hybridized carbons (Fsp3) is 0.269. The molecule has 2 aromatic heterocycles. The van der Waals surface area contributed by atoms with E-state index in [1.165, 1.54) is 12.1 Å². The second kappa shape index (κ2) is 8.87. The monoisotopic (exact) mass is 458 g/mol. The van der Waals surface area contributed by atoms with Gasteiger partial charge in [-0.25, -0.2) is 9.37 Å². The Hall–Kier alpha value is -3.78.